The normalized spacial score (nSPS) is 22.1. The number of cyclic esters (lactones) is 1. The highest BCUT2D eigenvalue weighted by molar-refractivity contribution is 6.12. The summed E-state index contributed by atoms with van der Waals surface area (Å²) < 4.78 is 43.1. The van der Waals surface area contributed by atoms with Gasteiger partial charge in [0.15, 0.2) is 12.1 Å². The van der Waals surface area contributed by atoms with Gasteiger partial charge in [0.05, 0.1) is 19.8 Å². The summed E-state index contributed by atoms with van der Waals surface area (Å²) >= 11 is 0. The highest BCUT2D eigenvalue weighted by atomic mass is 16.7. The molecule has 2 fully saturated rings. The molecule has 4 aromatic carbocycles. The van der Waals surface area contributed by atoms with Gasteiger partial charge >= 0.3 is 6.09 Å². The van der Waals surface area contributed by atoms with Gasteiger partial charge in [-0.1, -0.05) is 121 Å². The number of nitrogens with zero attached hydrogens (tertiary/aromatic N) is 1. The number of ether oxygens (including phenoxy) is 6. The lowest BCUT2D eigenvalue weighted by Crippen LogP contribution is -2.61. The number of aryl methyl sites for hydroxylation is 2. The number of ketones is 1. The molecule has 12 nitrogen and oxygen atoms in total. The number of imide groups is 1. The number of aliphatic hydroxyl groups is 1. The minimum Gasteiger partial charge on any atom is -0.457 e. The molecule has 2 aliphatic rings. The van der Waals surface area contributed by atoms with Crippen LogP contribution in [0.4, 0.5) is 4.79 Å². The van der Waals surface area contributed by atoms with Gasteiger partial charge in [-0.3, -0.25) is 9.59 Å². The van der Waals surface area contributed by atoms with Gasteiger partial charge in [0.25, 0.3) is 0 Å². The molecule has 2 amide bonds. The van der Waals surface area contributed by atoms with E-state index in [-0.39, 0.29) is 38.8 Å². The molecule has 0 aliphatic carbocycles. The summed E-state index contributed by atoms with van der Waals surface area (Å²) in [6, 6.07) is 37.5. The molecule has 12 heteroatoms. The van der Waals surface area contributed by atoms with Crippen LogP contribution in [0.3, 0.4) is 0 Å². The first-order chi connectivity index (χ1) is 29.2. The number of amides is 2. The number of benzene rings is 4. The van der Waals surface area contributed by atoms with E-state index in [4.69, 9.17) is 32.8 Å². The van der Waals surface area contributed by atoms with Gasteiger partial charge in [-0.2, -0.15) is 0 Å². The van der Waals surface area contributed by atoms with E-state index in [0.717, 1.165) is 32.7 Å². The molecule has 7 rings (SSSR count). The third-order valence-electron chi connectivity index (χ3n) is 10.9. The minimum absolute atomic E-state index is 0.00136. The second kappa shape index (κ2) is 20.2. The van der Waals surface area contributed by atoms with Crippen molar-refractivity contribution in [1.29, 1.82) is 0 Å². The number of hydrogen-bond acceptors (Lipinski definition) is 11. The smallest absolute Gasteiger partial charge is 0.417 e. The molecule has 60 heavy (non-hydrogen) atoms. The Morgan fingerprint density at radius 3 is 2.10 bits per heavy atom. The van der Waals surface area contributed by atoms with Crippen LogP contribution in [0.25, 0.3) is 11.1 Å². The van der Waals surface area contributed by atoms with Crippen LogP contribution in [-0.4, -0.2) is 85.4 Å². The first-order valence-corrected chi connectivity index (χ1v) is 20.3. The number of Topliss-reactive ketones (excluding diaryl/α,β-unsaturated/α-hetero) is 1. The second-order valence-corrected chi connectivity index (χ2v) is 15.0. The summed E-state index contributed by atoms with van der Waals surface area (Å²) in [6.45, 7) is 3.89. The van der Waals surface area contributed by atoms with Crippen molar-refractivity contribution in [3.05, 3.63) is 155 Å². The highest BCUT2D eigenvalue weighted by Gasteiger charge is 2.48. The average molecular weight is 818 g/mol. The number of aliphatic hydroxyl groups excluding tert-OH is 1. The lowest BCUT2D eigenvalue weighted by molar-refractivity contribution is -0.319. The summed E-state index contributed by atoms with van der Waals surface area (Å²) in [4.78, 5) is 41.6. The van der Waals surface area contributed by atoms with E-state index in [0.29, 0.717) is 24.2 Å². The molecule has 2 aliphatic heterocycles. The number of carbonyl (C=O) groups excluding carboxylic acids is 3. The molecule has 1 aromatic heterocycles. The Labute approximate surface area is 349 Å². The molecular weight excluding hydrogens is 767 g/mol. The molecule has 0 radical (unpaired) electrons. The van der Waals surface area contributed by atoms with Crippen LogP contribution in [0.5, 0.6) is 0 Å². The standard InChI is InChI=1S/C48H51NO11/c1-31-15-13-22-36(25-31)37-26-40(42(51)32(2)46(52)49-38(30-58-48(49)53)35-20-11-6-12-21-35)59-39(37)23-14-24-55-45-44(57-29-34-18-9-5-10-19-34)43(41(27-50)60-47(45)54-3)56-28-33-16-7-4-8-17-33/h4-13,15-22,25-26,32,38,41,43-45,47,50H,14,23-24,27-30H2,1-3H3/t32-,38+,41+,43+,44-,45-,47-/m0/s1. The van der Waals surface area contributed by atoms with E-state index < -0.39 is 60.4 Å². The summed E-state index contributed by atoms with van der Waals surface area (Å²) in [7, 11) is 1.52. The van der Waals surface area contributed by atoms with Crippen LogP contribution in [0.15, 0.2) is 126 Å². The van der Waals surface area contributed by atoms with Crippen LogP contribution in [-0.2, 0) is 52.9 Å². The van der Waals surface area contributed by atoms with Crippen molar-refractivity contribution in [2.24, 2.45) is 5.92 Å². The fourth-order valence-electron chi connectivity index (χ4n) is 7.68. The first-order valence-electron chi connectivity index (χ1n) is 20.3. The maximum absolute atomic E-state index is 14.0. The Balaban J connectivity index is 1.09. The predicted molar refractivity (Wildman–Crippen MR) is 221 cm³/mol. The number of methoxy groups -OCH3 is 1. The lowest BCUT2D eigenvalue weighted by atomic mass is 9.97. The highest BCUT2D eigenvalue weighted by Crippen LogP contribution is 2.34. The van der Waals surface area contributed by atoms with Crippen molar-refractivity contribution < 1.29 is 52.3 Å². The van der Waals surface area contributed by atoms with Gasteiger partial charge in [0.2, 0.25) is 11.7 Å². The zero-order valence-corrected chi connectivity index (χ0v) is 34.0. The van der Waals surface area contributed by atoms with Crippen molar-refractivity contribution in [3.63, 3.8) is 0 Å². The van der Waals surface area contributed by atoms with Gasteiger partial charge in [-0.15, -0.1) is 0 Å². The lowest BCUT2D eigenvalue weighted by Gasteiger charge is -2.45. The Bertz CT molecular complexity index is 2180. The van der Waals surface area contributed by atoms with Gasteiger partial charge in [-0.05, 0) is 48.6 Å². The van der Waals surface area contributed by atoms with E-state index in [1.807, 2.05) is 122 Å². The van der Waals surface area contributed by atoms with Gasteiger partial charge in [0, 0.05) is 25.7 Å². The van der Waals surface area contributed by atoms with Gasteiger partial charge < -0.3 is 37.9 Å². The van der Waals surface area contributed by atoms with E-state index in [1.54, 1.807) is 6.07 Å². The van der Waals surface area contributed by atoms with E-state index in [2.05, 4.69) is 0 Å². The van der Waals surface area contributed by atoms with Crippen LogP contribution in [0, 0.1) is 12.8 Å². The molecule has 314 valence electrons. The van der Waals surface area contributed by atoms with Crippen LogP contribution in [0.2, 0.25) is 0 Å². The molecule has 7 atom stereocenters. The largest absolute Gasteiger partial charge is 0.457 e. The van der Waals surface area contributed by atoms with Crippen LogP contribution < -0.4 is 0 Å². The zero-order valence-electron chi connectivity index (χ0n) is 34.0. The van der Waals surface area contributed by atoms with Crippen molar-refractivity contribution in [1.82, 2.24) is 4.90 Å². The Morgan fingerprint density at radius 2 is 1.47 bits per heavy atom. The maximum atomic E-state index is 14.0. The minimum atomic E-state index is -1.22. The molecule has 2 saturated heterocycles. The molecule has 3 heterocycles. The summed E-state index contributed by atoms with van der Waals surface area (Å²) in [6.07, 6.45) is -3.69. The molecule has 1 N–H and O–H groups in total. The SMILES string of the molecule is CO[C@H]1O[C@H](CO)[C@@H](OCc2ccccc2)[C@H](OCc2ccccc2)[C@@H]1OCCCc1oc(C(=O)[C@H](C)C(=O)N2C(=O)OC[C@@H]2c2ccccc2)cc1-c1cccc(C)c1. The number of hydrogen-bond donors (Lipinski definition) is 1. The monoisotopic (exact) mass is 817 g/mol. The molecule has 0 unspecified atom stereocenters. The molecule has 5 aromatic rings. The zero-order chi connectivity index (χ0) is 42.0. The summed E-state index contributed by atoms with van der Waals surface area (Å²) in [5, 5.41) is 10.4. The van der Waals surface area contributed by atoms with E-state index in [9.17, 15) is 19.5 Å². The third kappa shape index (κ3) is 9.93. The number of rotatable bonds is 18. The van der Waals surface area contributed by atoms with Crippen LogP contribution in [0.1, 0.15) is 58.0 Å². The second-order valence-electron chi connectivity index (χ2n) is 15.0. The number of furan rings is 1. The molecule has 0 spiro atoms. The van der Waals surface area contributed by atoms with Gasteiger partial charge in [0.1, 0.15) is 48.7 Å². The summed E-state index contributed by atoms with van der Waals surface area (Å²) in [5.41, 5.74) is 5.23. The van der Waals surface area contributed by atoms with Crippen molar-refractivity contribution in [2.75, 3.05) is 26.9 Å². The Kier molecular flexibility index (Phi) is 14.4. The third-order valence-corrected chi connectivity index (χ3v) is 10.9. The molecule has 0 saturated carbocycles. The fourth-order valence-corrected chi connectivity index (χ4v) is 7.68. The molecular formula is C48H51NO11. The Hall–Kier alpha value is -5.47. The quantitative estimate of drug-likeness (QED) is 0.0530. The van der Waals surface area contributed by atoms with Crippen LogP contribution >= 0.6 is 0 Å². The maximum Gasteiger partial charge on any atom is 0.417 e. The fraction of sp³-hybridized carbons (Fsp3) is 0.354. The topological polar surface area (TPSA) is 143 Å². The summed E-state index contributed by atoms with van der Waals surface area (Å²) in [5.74, 6) is -1.89. The van der Waals surface area contributed by atoms with Gasteiger partial charge in [-0.25, -0.2) is 9.69 Å². The average Bonchev–Trinajstić information content (AvgIpc) is 3.90. The van der Waals surface area contributed by atoms with Crippen molar-refractivity contribution >= 4 is 17.8 Å². The Morgan fingerprint density at radius 1 is 0.817 bits per heavy atom. The predicted octanol–water partition coefficient (Wildman–Crippen LogP) is 7.65. The number of carbonyl (C=O) groups is 3. The first kappa shape index (κ1) is 42.6. The van der Waals surface area contributed by atoms with Crippen molar-refractivity contribution in [2.45, 2.75) is 76.7 Å². The van der Waals surface area contributed by atoms with Crippen molar-refractivity contribution in [3.8, 4) is 11.1 Å². The van der Waals surface area contributed by atoms with E-state index in [1.165, 1.54) is 14.0 Å². The molecule has 0 bridgehead atoms. The van der Waals surface area contributed by atoms with E-state index >= 15 is 0 Å².